The normalized spacial score (nSPS) is 15.7. The molecule has 154 valence electrons. The fourth-order valence-corrected chi connectivity index (χ4v) is 3.79. The molecule has 1 fully saturated rings. The van der Waals surface area contributed by atoms with Crippen molar-refractivity contribution < 1.29 is 28.0 Å². The molecule has 0 spiro atoms. The molecular weight excluding hydrogens is 403 g/mol. The molecule has 1 aliphatic carbocycles. The SMILES string of the molecule is Cc1onc(CC(=O)c2ccc(F)cc2Cl)c1C(=O)OC1(C(N)=O)CCCCC1. The number of amides is 1. The number of rotatable bonds is 6. The van der Waals surface area contributed by atoms with Crippen LogP contribution in [-0.2, 0) is 16.0 Å². The Labute approximate surface area is 171 Å². The molecule has 1 aromatic carbocycles. The van der Waals surface area contributed by atoms with Gasteiger partial charge >= 0.3 is 5.97 Å². The number of ether oxygens (including phenoxy) is 1. The number of hydrogen-bond acceptors (Lipinski definition) is 6. The lowest BCUT2D eigenvalue weighted by Gasteiger charge is -2.33. The zero-order chi connectivity index (χ0) is 21.2. The van der Waals surface area contributed by atoms with E-state index in [4.69, 9.17) is 26.6 Å². The lowest BCUT2D eigenvalue weighted by atomic mass is 9.84. The molecule has 0 saturated heterocycles. The number of nitrogens with zero attached hydrogens (tertiary/aromatic N) is 1. The van der Waals surface area contributed by atoms with Crippen LogP contribution in [0, 0.1) is 12.7 Å². The van der Waals surface area contributed by atoms with E-state index in [0.717, 1.165) is 18.6 Å². The van der Waals surface area contributed by atoms with E-state index in [0.29, 0.717) is 25.7 Å². The summed E-state index contributed by atoms with van der Waals surface area (Å²) in [6.45, 7) is 1.50. The first kappa shape index (κ1) is 21.0. The van der Waals surface area contributed by atoms with Crippen LogP contribution in [0.2, 0.25) is 5.02 Å². The Kier molecular flexibility index (Phi) is 6.02. The van der Waals surface area contributed by atoms with Gasteiger partial charge in [0.05, 0.1) is 11.4 Å². The Morgan fingerprint density at radius 2 is 1.97 bits per heavy atom. The molecule has 9 heteroatoms. The first-order chi connectivity index (χ1) is 13.7. The maximum Gasteiger partial charge on any atom is 0.344 e. The minimum absolute atomic E-state index is 0.0252. The average Bonchev–Trinajstić information content (AvgIpc) is 3.02. The zero-order valence-electron chi connectivity index (χ0n) is 15.8. The van der Waals surface area contributed by atoms with E-state index in [1.54, 1.807) is 0 Å². The van der Waals surface area contributed by atoms with Crippen molar-refractivity contribution >= 4 is 29.3 Å². The van der Waals surface area contributed by atoms with Gasteiger partial charge in [-0.05, 0) is 50.8 Å². The third kappa shape index (κ3) is 4.32. The molecule has 2 aromatic rings. The van der Waals surface area contributed by atoms with Crippen LogP contribution >= 0.6 is 11.6 Å². The third-order valence-corrected chi connectivity index (χ3v) is 5.41. The number of Topliss-reactive ketones (excluding diaryl/α,β-unsaturated/α-hetero) is 1. The van der Waals surface area contributed by atoms with Crippen molar-refractivity contribution in [3.8, 4) is 0 Å². The van der Waals surface area contributed by atoms with Crippen molar-refractivity contribution in [3.63, 3.8) is 0 Å². The predicted molar refractivity (Wildman–Crippen MR) is 101 cm³/mol. The van der Waals surface area contributed by atoms with Crippen LogP contribution in [0.4, 0.5) is 4.39 Å². The van der Waals surface area contributed by atoms with Gasteiger partial charge in [-0.2, -0.15) is 0 Å². The molecule has 1 aliphatic rings. The van der Waals surface area contributed by atoms with E-state index in [1.807, 2.05) is 0 Å². The highest BCUT2D eigenvalue weighted by Gasteiger charge is 2.43. The maximum absolute atomic E-state index is 13.2. The second kappa shape index (κ2) is 8.32. The van der Waals surface area contributed by atoms with Crippen LogP contribution < -0.4 is 5.73 Å². The van der Waals surface area contributed by atoms with Gasteiger partial charge in [-0.15, -0.1) is 0 Å². The highest BCUT2D eigenvalue weighted by Crippen LogP contribution is 2.33. The zero-order valence-corrected chi connectivity index (χ0v) is 16.6. The summed E-state index contributed by atoms with van der Waals surface area (Å²) >= 11 is 5.93. The smallest absolute Gasteiger partial charge is 0.344 e. The second-order valence-electron chi connectivity index (χ2n) is 7.09. The van der Waals surface area contributed by atoms with Crippen LogP contribution in [0.5, 0.6) is 0 Å². The predicted octanol–water partition coefficient (Wildman–Crippen LogP) is 3.55. The Morgan fingerprint density at radius 3 is 2.59 bits per heavy atom. The van der Waals surface area contributed by atoms with Gasteiger partial charge < -0.3 is 15.0 Å². The summed E-state index contributed by atoms with van der Waals surface area (Å²) in [5, 5.41) is 3.73. The summed E-state index contributed by atoms with van der Waals surface area (Å²) in [7, 11) is 0. The van der Waals surface area contributed by atoms with Crippen LogP contribution in [0.1, 0.15) is 64.3 Å². The molecule has 1 saturated carbocycles. The molecule has 1 amide bonds. The van der Waals surface area contributed by atoms with Crippen LogP contribution in [0.25, 0.3) is 0 Å². The van der Waals surface area contributed by atoms with E-state index in [9.17, 15) is 18.8 Å². The number of ketones is 1. The molecule has 0 unspecified atom stereocenters. The minimum atomic E-state index is -1.37. The molecule has 3 rings (SSSR count). The van der Waals surface area contributed by atoms with Crippen molar-refractivity contribution in [2.45, 2.75) is 51.0 Å². The highest BCUT2D eigenvalue weighted by molar-refractivity contribution is 6.34. The summed E-state index contributed by atoms with van der Waals surface area (Å²) in [5.74, 6) is -2.41. The number of carbonyl (C=O) groups is 3. The van der Waals surface area contributed by atoms with Gasteiger partial charge in [0.15, 0.2) is 11.4 Å². The monoisotopic (exact) mass is 422 g/mol. The van der Waals surface area contributed by atoms with Crippen molar-refractivity contribution in [2.75, 3.05) is 0 Å². The number of nitrogens with two attached hydrogens (primary N) is 1. The first-order valence-corrected chi connectivity index (χ1v) is 9.58. The Balaban J connectivity index is 1.84. The van der Waals surface area contributed by atoms with Crippen molar-refractivity contribution in [1.82, 2.24) is 5.16 Å². The largest absolute Gasteiger partial charge is 0.445 e. The lowest BCUT2D eigenvalue weighted by molar-refractivity contribution is -0.140. The molecule has 0 bridgehead atoms. The van der Waals surface area contributed by atoms with E-state index < -0.39 is 29.1 Å². The molecule has 1 aromatic heterocycles. The molecule has 1 heterocycles. The summed E-state index contributed by atoms with van der Waals surface area (Å²) in [6, 6.07) is 3.40. The minimum Gasteiger partial charge on any atom is -0.445 e. The number of primary amides is 1. The summed E-state index contributed by atoms with van der Waals surface area (Å²) in [6.07, 6.45) is 2.74. The van der Waals surface area contributed by atoms with Gasteiger partial charge in [0, 0.05) is 5.56 Å². The quantitative estimate of drug-likeness (QED) is 0.562. The average molecular weight is 423 g/mol. The summed E-state index contributed by atoms with van der Waals surface area (Å²) in [5.41, 5.74) is 4.25. The van der Waals surface area contributed by atoms with Crippen molar-refractivity contribution in [2.24, 2.45) is 5.73 Å². The molecule has 7 nitrogen and oxygen atoms in total. The number of aryl methyl sites for hydroxylation is 1. The number of carbonyl (C=O) groups excluding carboxylic acids is 3. The lowest BCUT2D eigenvalue weighted by Crippen LogP contribution is -2.49. The van der Waals surface area contributed by atoms with Gasteiger partial charge in [0.25, 0.3) is 5.91 Å². The number of esters is 1. The highest BCUT2D eigenvalue weighted by atomic mass is 35.5. The number of halogens is 2. The summed E-state index contributed by atoms with van der Waals surface area (Å²) < 4.78 is 23.8. The fourth-order valence-electron chi connectivity index (χ4n) is 3.51. The second-order valence-corrected chi connectivity index (χ2v) is 7.50. The van der Waals surface area contributed by atoms with Crippen LogP contribution in [0.15, 0.2) is 22.7 Å². The molecule has 0 aliphatic heterocycles. The van der Waals surface area contributed by atoms with Gasteiger partial charge in [-0.3, -0.25) is 9.59 Å². The molecule has 2 N–H and O–H groups in total. The Hall–Kier alpha value is -2.74. The van der Waals surface area contributed by atoms with Crippen LogP contribution in [0.3, 0.4) is 0 Å². The standard InChI is InChI=1S/C20H20ClFN2O5/c1-11-17(18(26)28-20(19(23)27)7-3-2-4-8-20)15(24-29-11)10-16(25)13-6-5-12(22)9-14(13)21/h5-6,9H,2-4,7-8,10H2,1H3,(H2,23,27). The Bertz CT molecular complexity index is 966. The van der Waals surface area contributed by atoms with Gasteiger partial charge in [0.1, 0.15) is 22.8 Å². The fraction of sp³-hybridized carbons (Fsp3) is 0.400. The molecule has 0 radical (unpaired) electrons. The van der Waals surface area contributed by atoms with E-state index in [2.05, 4.69) is 5.16 Å². The third-order valence-electron chi connectivity index (χ3n) is 5.10. The number of aromatic nitrogens is 1. The first-order valence-electron chi connectivity index (χ1n) is 9.20. The molecular formula is C20H20ClFN2O5. The summed E-state index contributed by atoms with van der Waals surface area (Å²) in [4.78, 5) is 37.4. The molecule has 29 heavy (non-hydrogen) atoms. The van der Waals surface area contributed by atoms with E-state index >= 15 is 0 Å². The van der Waals surface area contributed by atoms with Crippen molar-refractivity contribution in [1.29, 1.82) is 0 Å². The van der Waals surface area contributed by atoms with Gasteiger partial charge in [-0.25, -0.2) is 9.18 Å². The van der Waals surface area contributed by atoms with E-state index in [-0.39, 0.29) is 34.0 Å². The number of hydrogen-bond donors (Lipinski definition) is 1. The number of benzene rings is 1. The van der Waals surface area contributed by atoms with Crippen LogP contribution in [-0.4, -0.2) is 28.4 Å². The van der Waals surface area contributed by atoms with Gasteiger partial charge in [-0.1, -0.05) is 23.2 Å². The van der Waals surface area contributed by atoms with Crippen molar-refractivity contribution in [3.05, 3.63) is 51.6 Å². The van der Waals surface area contributed by atoms with E-state index in [1.165, 1.54) is 13.0 Å². The Morgan fingerprint density at radius 1 is 1.28 bits per heavy atom. The molecule has 0 atom stereocenters. The van der Waals surface area contributed by atoms with Gasteiger partial charge in [0.2, 0.25) is 0 Å². The maximum atomic E-state index is 13.2. The topological polar surface area (TPSA) is 112 Å².